The Hall–Kier alpha value is -1.50. The Bertz CT molecular complexity index is 373. The summed E-state index contributed by atoms with van der Waals surface area (Å²) >= 11 is 0. The standard InChI is InChI=1S/C14H18O3/c1-12(16-2)11-17-14-8-6-13(7-9-14)5-3-4-10-15/h6-9,12,15H,4,10-11H2,1-2H3. The molecule has 1 unspecified atom stereocenters. The molecule has 92 valence electrons. The minimum absolute atomic E-state index is 0.0824. The lowest BCUT2D eigenvalue weighted by atomic mass is 10.2. The highest BCUT2D eigenvalue weighted by atomic mass is 16.5. The molecule has 1 N–H and O–H groups in total. The van der Waals surface area contributed by atoms with Crippen LogP contribution < -0.4 is 4.74 Å². The van der Waals surface area contributed by atoms with Gasteiger partial charge in [0.15, 0.2) is 0 Å². The molecule has 0 bridgehead atoms. The van der Waals surface area contributed by atoms with Crippen molar-refractivity contribution in [1.29, 1.82) is 0 Å². The van der Waals surface area contributed by atoms with Crippen LogP contribution in [0, 0.1) is 11.8 Å². The van der Waals surface area contributed by atoms with Crippen LogP contribution in [0.3, 0.4) is 0 Å². The van der Waals surface area contributed by atoms with Gasteiger partial charge in [-0.15, -0.1) is 0 Å². The van der Waals surface area contributed by atoms with Gasteiger partial charge in [0.1, 0.15) is 12.4 Å². The van der Waals surface area contributed by atoms with Crippen molar-refractivity contribution in [3.8, 4) is 17.6 Å². The number of hydrogen-bond acceptors (Lipinski definition) is 3. The smallest absolute Gasteiger partial charge is 0.119 e. The van der Waals surface area contributed by atoms with E-state index in [1.54, 1.807) is 7.11 Å². The van der Waals surface area contributed by atoms with Gasteiger partial charge in [-0.3, -0.25) is 0 Å². The van der Waals surface area contributed by atoms with E-state index < -0.39 is 0 Å². The fraction of sp³-hybridized carbons (Fsp3) is 0.429. The molecular formula is C14H18O3. The van der Waals surface area contributed by atoms with Crippen LogP contribution in [-0.2, 0) is 4.74 Å². The second-order valence-electron chi connectivity index (χ2n) is 3.66. The summed E-state index contributed by atoms with van der Waals surface area (Å²) in [5.74, 6) is 6.63. The van der Waals surface area contributed by atoms with E-state index in [0.29, 0.717) is 13.0 Å². The van der Waals surface area contributed by atoms with E-state index in [1.807, 2.05) is 31.2 Å². The van der Waals surface area contributed by atoms with Gasteiger partial charge in [0.05, 0.1) is 12.7 Å². The van der Waals surface area contributed by atoms with Crippen LogP contribution in [0.15, 0.2) is 24.3 Å². The van der Waals surface area contributed by atoms with Crippen LogP contribution in [0.1, 0.15) is 18.9 Å². The predicted octanol–water partition coefficient (Wildman–Crippen LogP) is 1.83. The molecule has 0 saturated carbocycles. The van der Waals surface area contributed by atoms with Gasteiger partial charge in [-0.1, -0.05) is 11.8 Å². The normalized spacial score (nSPS) is 11.5. The Morgan fingerprint density at radius 3 is 2.59 bits per heavy atom. The molecule has 0 aliphatic rings. The Morgan fingerprint density at radius 1 is 1.29 bits per heavy atom. The summed E-state index contributed by atoms with van der Waals surface area (Å²) in [5.41, 5.74) is 0.922. The molecule has 17 heavy (non-hydrogen) atoms. The summed E-state index contributed by atoms with van der Waals surface area (Å²) in [7, 11) is 1.66. The number of benzene rings is 1. The molecule has 0 aliphatic heterocycles. The van der Waals surface area contributed by atoms with Crippen molar-refractivity contribution in [3.63, 3.8) is 0 Å². The van der Waals surface area contributed by atoms with Crippen LogP contribution >= 0.6 is 0 Å². The van der Waals surface area contributed by atoms with E-state index in [9.17, 15) is 0 Å². The van der Waals surface area contributed by atoms with Crippen LogP contribution in [0.5, 0.6) is 5.75 Å². The van der Waals surface area contributed by atoms with Gasteiger partial charge in [-0.05, 0) is 31.2 Å². The number of ether oxygens (including phenoxy) is 2. The van der Waals surface area contributed by atoms with Crippen molar-refractivity contribution in [3.05, 3.63) is 29.8 Å². The number of aliphatic hydroxyl groups excluding tert-OH is 1. The monoisotopic (exact) mass is 234 g/mol. The van der Waals surface area contributed by atoms with E-state index in [-0.39, 0.29) is 12.7 Å². The first-order valence-electron chi connectivity index (χ1n) is 5.61. The average Bonchev–Trinajstić information content (AvgIpc) is 2.37. The molecule has 0 saturated heterocycles. The largest absolute Gasteiger partial charge is 0.491 e. The molecule has 1 aromatic rings. The third kappa shape index (κ3) is 5.39. The van der Waals surface area contributed by atoms with Crippen molar-refractivity contribution in [2.45, 2.75) is 19.4 Å². The molecular weight excluding hydrogens is 216 g/mol. The first-order chi connectivity index (χ1) is 8.26. The Balaban J connectivity index is 2.48. The van der Waals surface area contributed by atoms with Gasteiger partial charge in [-0.2, -0.15) is 0 Å². The van der Waals surface area contributed by atoms with E-state index in [0.717, 1.165) is 11.3 Å². The maximum atomic E-state index is 8.60. The summed E-state index contributed by atoms with van der Waals surface area (Å²) in [6, 6.07) is 7.56. The fourth-order valence-corrected chi connectivity index (χ4v) is 1.14. The van der Waals surface area contributed by atoms with Gasteiger partial charge in [0.2, 0.25) is 0 Å². The molecule has 0 spiro atoms. The van der Waals surface area contributed by atoms with Gasteiger partial charge >= 0.3 is 0 Å². The zero-order valence-corrected chi connectivity index (χ0v) is 10.3. The molecule has 0 aromatic heterocycles. The molecule has 0 heterocycles. The van der Waals surface area contributed by atoms with Gasteiger partial charge in [0.25, 0.3) is 0 Å². The molecule has 1 aromatic carbocycles. The van der Waals surface area contributed by atoms with E-state index >= 15 is 0 Å². The minimum Gasteiger partial charge on any atom is -0.491 e. The molecule has 0 amide bonds. The lowest BCUT2D eigenvalue weighted by Crippen LogP contribution is -2.15. The zero-order valence-electron chi connectivity index (χ0n) is 10.3. The molecule has 3 heteroatoms. The van der Waals surface area contributed by atoms with Crippen molar-refractivity contribution >= 4 is 0 Å². The number of methoxy groups -OCH3 is 1. The molecule has 1 rings (SSSR count). The number of aliphatic hydroxyl groups is 1. The second kappa shape index (κ2) is 7.72. The average molecular weight is 234 g/mol. The van der Waals surface area contributed by atoms with Gasteiger partial charge < -0.3 is 14.6 Å². The van der Waals surface area contributed by atoms with Crippen LogP contribution in [0.2, 0.25) is 0 Å². The number of rotatable bonds is 5. The van der Waals surface area contributed by atoms with Crippen LogP contribution in [-0.4, -0.2) is 31.5 Å². The van der Waals surface area contributed by atoms with Gasteiger partial charge in [-0.25, -0.2) is 0 Å². The summed E-state index contributed by atoms with van der Waals surface area (Å²) in [6.07, 6.45) is 0.586. The lowest BCUT2D eigenvalue weighted by Gasteiger charge is -2.11. The highest BCUT2D eigenvalue weighted by Gasteiger charge is 2.00. The fourth-order valence-electron chi connectivity index (χ4n) is 1.14. The summed E-state index contributed by atoms with van der Waals surface area (Å²) < 4.78 is 10.6. The first-order valence-corrected chi connectivity index (χ1v) is 5.61. The predicted molar refractivity (Wildman–Crippen MR) is 67.0 cm³/mol. The molecule has 1 atom stereocenters. The van der Waals surface area contributed by atoms with Crippen molar-refractivity contribution in [2.24, 2.45) is 0 Å². The molecule has 0 aliphatic carbocycles. The second-order valence-corrected chi connectivity index (χ2v) is 3.66. The van der Waals surface area contributed by atoms with Crippen LogP contribution in [0.25, 0.3) is 0 Å². The Morgan fingerprint density at radius 2 is 2.00 bits per heavy atom. The number of hydrogen-bond donors (Lipinski definition) is 1. The van der Waals surface area contributed by atoms with E-state index in [2.05, 4.69) is 11.8 Å². The van der Waals surface area contributed by atoms with E-state index in [1.165, 1.54) is 0 Å². The zero-order chi connectivity index (χ0) is 12.5. The molecule has 3 nitrogen and oxygen atoms in total. The summed E-state index contributed by atoms with van der Waals surface area (Å²) in [5, 5.41) is 8.60. The van der Waals surface area contributed by atoms with Crippen molar-refractivity contribution < 1.29 is 14.6 Å². The quantitative estimate of drug-likeness (QED) is 0.790. The van der Waals surface area contributed by atoms with Crippen molar-refractivity contribution in [2.75, 3.05) is 20.3 Å². The topological polar surface area (TPSA) is 38.7 Å². The third-order valence-electron chi connectivity index (χ3n) is 2.21. The highest BCUT2D eigenvalue weighted by Crippen LogP contribution is 2.12. The van der Waals surface area contributed by atoms with Crippen LogP contribution in [0.4, 0.5) is 0 Å². The SMILES string of the molecule is COC(C)COc1ccc(C#CCCO)cc1. The van der Waals surface area contributed by atoms with Gasteiger partial charge in [0, 0.05) is 19.1 Å². The minimum atomic E-state index is 0.0824. The molecule has 0 radical (unpaired) electrons. The molecule has 0 fully saturated rings. The Labute approximate surface area is 102 Å². The van der Waals surface area contributed by atoms with Crippen molar-refractivity contribution in [1.82, 2.24) is 0 Å². The lowest BCUT2D eigenvalue weighted by molar-refractivity contribution is 0.0717. The summed E-state index contributed by atoms with van der Waals surface area (Å²) in [6.45, 7) is 2.59. The third-order valence-corrected chi connectivity index (χ3v) is 2.21. The maximum Gasteiger partial charge on any atom is 0.119 e. The first kappa shape index (κ1) is 13.6. The van der Waals surface area contributed by atoms with E-state index in [4.69, 9.17) is 14.6 Å². The summed E-state index contributed by atoms with van der Waals surface area (Å²) in [4.78, 5) is 0. The maximum absolute atomic E-state index is 8.60. The Kier molecular flexibility index (Phi) is 6.16. The highest BCUT2D eigenvalue weighted by molar-refractivity contribution is 5.38.